The molecule has 4 nitrogen and oxygen atoms in total. The Bertz CT molecular complexity index is 421. The molecule has 0 aliphatic heterocycles. The van der Waals surface area contributed by atoms with Gasteiger partial charge in [-0.25, -0.2) is 13.6 Å². The first kappa shape index (κ1) is 16.4. The summed E-state index contributed by atoms with van der Waals surface area (Å²) in [5.74, 6) is -1.65. The number of hydrogen-bond acceptors (Lipinski definition) is 2. The van der Waals surface area contributed by atoms with Crippen LogP contribution in [0.5, 0.6) is 0 Å². The lowest BCUT2D eigenvalue weighted by Crippen LogP contribution is -2.38. The van der Waals surface area contributed by atoms with Gasteiger partial charge in [0.2, 0.25) is 0 Å². The van der Waals surface area contributed by atoms with Crippen LogP contribution >= 0.6 is 0 Å². The van der Waals surface area contributed by atoms with Crippen molar-refractivity contribution < 1.29 is 18.7 Å². The van der Waals surface area contributed by atoms with Crippen LogP contribution in [0, 0.1) is 11.6 Å². The number of halogens is 2. The molecule has 1 rings (SSSR count). The van der Waals surface area contributed by atoms with E-state index in [0.717, 1.165) is 31.4 Å². The van der Waals surface area contributed by atoms with Crippen molar-refractivity contribution >= 4 is 11.7 Å². The maximum atomic E-state index is 13.4. The van der Waals surface area contributed by atoms with Gasteiger partial charge in [0, 0.05) is 13.1 Å². The van der Waals surface area contributed by atoms with Gasteiger partial charge in [-0.15, -0.1) is 0 Å². The molecule has 0 radical (unpaired) electrons. The Kier molecular flexibility index (Phi) is 6.93. The second-order valence-corrected chi connectivity index (χ2v) is 4.44. The lowest BCUT2D eigenvalue weighted by atomic mass is 10.2. The number of carbonyl (C=O) groups is 1. The van der Waals surface area contributed by atoms with Crippen molar-refractivity contribution in [2.45, 2.75) is 26.2 Å². The minimum Gasteiger partial charge on any atom is -0.395 e. The number of urea groups is 1. The Morgan fingerprint density at radius 3 is 2.45 bits per heavy atom. The van der Waals surface area contributed by atoms with Crippen molar-refractivity contribution in [1.82, 2.24) is 4.90 Å². The highest BCUT2D eigenvalue weighted by molar-refractivity contribution is 5.89. The van der Waals surface area contributed by atoms with E-state index < -0.39 is 23.4 Å². The van der Waals surface area contributed by atoms with Crippen LogP contribution in [-0.2, 0) is 0 Å². The predicted molar refractivity (Wildman–Crippen MR) is 73.6 cm³/mol. The van der Waals surface area contributed by atoms with Gasteiger partial charge >= 0.3 is 6.03 Å². The zero-order chi connectivity index (χ0) is 15.0. The summed E-state index contributed by atoms with van der Waals surface area (Å²) in [5, 5.41) is 11.2. The number of anilines is 1. The number of aliphatic hydroxyl groups is 1. The van der Waals surface area contributed by atoms with Crippen molar-refractivity contribution in [2.24, 2.45) is 0 Å². The van der Waals surface area contributed by atoms with Crippen molar-refractivity contribution in [3.8, 4) is 0 Å². The number of amides is 2. The average molecular weight is 286 g/mol. The molecule has 0 saturated carbocycles. The number of carbonyl (C=O) groups excluding carboxylic acids is 1. The first-order chi connectivity index (χ1) is 9.60. The minimum atomic E-state index is -0.823. The maximum absolute atomic E-state index is 13.4. The first-order valence-electron chi connectivity index (χ1n) is 6.71. The van der Waals surface area contributed by atoms with Crippen LogP contribution in [0.25, 0.3) is 0 Å². The summed E-state index contributed by atoms with van der Waals surface area (Å²) in [7, 11) is 0. The summed E-state index contributed by atoms with van der Waals surface area (Å²) in [6.45, 7) is 2.41. The van der Waals surface area contributed by atoms with Gasteiger partial charge in [0.1, 0.15) is 17.3 Å². The summed E-state index contributed by atoms with van der Waals surface area (Å²) in [5.41, 5.74) is -0.462. The molecule has 0 bridgehead atoms. The quantitative estimate of drug-likeness (QED) is 0.757. The molecule has 20 heavy (non-hydrogen) atoms. The fourth-order valence-electron chi connectivity index (χ4n) is 1.79. The van der Waals surface area contributed by atoms with Gasteiger partial charge in [-0.05, 0) is 18.6 Å². The zero-order valence-electron chi connectivity index (χ0n) is 11.5. The number of nitrogens with zero attached hydrogens (tertiary/aromatic N) is 1. The molecule has 0 aliphatic rings. The van der Waals surface area contributed by atoms with E-state index in [0.29, 0.717) is 6.54 Å². The number of aliphatic hydroxyl groups excluding tert-OH is 1. The van der Waals surface area contributed by atoms with E-state index in [1.807, 2.05) is 6.92 Å². The van der Waals surface area contributed by atoms with Crippen LogP contribution < -0.4 is 5.32 Å². The van der Waals surface area contributed by atoms with Crippen LogP contribution in [0.2, 0.25) is 0 Å². The van der Waals surface area contributed by atoms with Crippen molar-refractivity contribution in [3.63, 3.8) is 0 Å². The highest BCUT2D eigenvalue weighted by Gasteiger charge is 2.16. The topological polar surface area (TPSA) is 52.6 Å². The van der Waals surface area contributed by atoms with Gasteiger partial charge < -0.3 is 15.3 Å². The van der Waals surface area contributed by atoms with E-state index >= 15 is 0 Å². The maximum Gasteiger partial charge on any atom is 0.322 e. The van der Waals surface area contributed by atoms with E-state index in [9.17, 15) is 13.6 Å². The number of hydrogen-bond donors (Lipinski definition) is 2. The molecule has 0 aromatic heterocycles. The number of benzene rings is 1. The van der Waals surface area contributed by atoms with Gasteiger partial charge in [0.05, 0.1) is 6.61 Å². The molecule has 1 aromatic carbocycles. The third-order valence-corrected chi connectivity index (χ3v) is 2.88. The van der Waals surface area contributed by atoms with Gasteiger partial charge in [0.15, 0.2) is 0 Å². The van der Waals surface area contributed by atoms with Gasteiger partial charge in [0.25, 0.3) is 0 Å². The van der Waals surface area contributed by atoms with Crippen LogP contribution in [0.1, 0.15) is 26.2 Å². The molecular weight excluding hydrogens is 266 g/mol. The molecule has 0 aliphatic carbocycles. The summed E-state index contributed by atoms with van der Waals surface area (Å²) in [6, 6.07) is 2.77. The Labute approximate surface area is 117 Å². The molecule has 1 aromatic rings. The van der Waals surface area contributed by atoms with Gasteiger partial charge in [-0.1, -0.05) is 25.8 Å². The van der Waals surface area contributed by atoms with E-state index in [1.165, 1.54) is 11.0 Å². The molecule has 0 unspecified atom stereocenters. The van der Waals surface area contributed by atoms with Crippen molar-refractivity contribution in [3.05, 3.63) is 29.8 Å². The number of nitrogens with one attached hydrogen (secondary N) is 1. The smallest absolute Gasteiger partial charge is 0.322 e. The van der Waals surface area contributed by atoms with E-state index in [2.05, 4.69) is 5.32 Å². The lowest BCUT2D eigenvalue weighted by Gasteiger charge is -2.22. The van der Waals surface area contributed by atoms with Crippen molar-refractivity contribution in [1.29, 1.82) is 0 Å². The third kappa shape index (κ3) is 4.77. The number of para-hydroxylation sites is 1. The summed E-state index contributed by atoms with van der Waals surface area (Å²) < 4.78 is 26.9. The molecule has 0 fully saturated rings. The Morgan fingerprint density at radius 1 is 1.25 bits per heavy atom. The number of rotatable bonds is 7. The highest BCUT2D eigenvalue weighted by atomic mass is 19.1. The Hall–Kier alpha value is -1.69. The molecule has 0 atom stereocenters. The molecule has 112 valence electrons. The van der Waals surface area contributed by atoms with E-state index in [4.69, 9.17) is 5.11 Å². The SMILES string of the molecule is CCCCCN(CCO)C(=O)Nc1c(F)cccc1F. The fraction of sp³-hybridized carbons (Fsp3) is 0.500. The molecule has 2 N–H and O–H groups in total. The summed E-state index contributed by atoms with van der Waals surface area (Å²) in [4.78, 5) is 13.3. The van der Waals surface area contributed by atoms with E-state index in [-0.39, 0.29) is 13.2 Å². The third-order valence-electron chi connectivity index (χ3n) is 2.88. The first-order valence-corrected chi connectivity index (χ1v) is 6.71. The molecule has 0 saturated heterocycles. The summed E-state index contributed by atoms with van der Waals surface area (Å²) >= 11 is 0. The summed E-state index contributed by atoms with van der Waals surface area (Å²) in [6.07, 6.45) is 2.73. The molecular formula is C14H20F2N2O2. The molecule has 0 heterocycles. The van der Waals surface area contributed by atoms with Crippen LogP contribution in [0.15, 0.2) is 18.2 Å². The zero-order valence-corrected chi connectivity index (χ0v) is 11.5. The van der Waals surface area contributed by atoms with Crippen LogP contribution in [0.4, 0.5) is 19.3 Å². The second kappa shape index (κ2) is 8.47. The Morgan fingerprint density at radius 2 is 1.90 bits per heavy atom. The highest BCUT2D eigenvalue weighted by Crippen LogP contribution is 2.18. The molecule has 6 heteroatoms. The Balaban J connectivity index is 2.70. The minimum absolute atomic E-state index is 0.131. The van der Waals surface area contributed by atoms with Gasteiger partial charge in [-0.3, -0.25) is 0 Å². The average Bonchev–Trinajstić information content (AvgIpc) is 2.42. The predicted octanol–water partition coefficient (Wildman–Crippen LogP) is 2.98. The standard InChI is InChI=1S/C14H20F2N2O2/c1-2-3-4-8-18(9-10-19)14(20)17-13-11(15)6-5-7-12(13)16/h5-7,19H,2-4,8-10H2,1H3,(H,17,20). The van der Waals surface area contributed by atoms with Crippen LogP contribution in [0.3, 0.4) is 0 Å². The number of unbranched alkanes of at least 4 members (excludes halogenated alkanes) is 2. The second-order valence-electron chi connectivity index (χ2n) is 4.44. The van der Waals surface area contributed by atoms with Gasteiger partial charge in [-0.2, -0.15) is 0 Å². The van der Waals surface area contributed by atoms with Crippen LogP contribution in [-0.4, -0.2) is 35.7 Å². The molecule has 0 spiro atoms. The largest absolute Gasteiger partial charge is 0.395 e. The fourth-order valence-corrected chi connectivity index (χ4v) is 1.79. The lowest BCUT2D eigenvalue weighted by molar-refractivity contribution is 0.187. The normalized spacial score (nSPS) is 10.4. The molecule has 2 amide bonds. The van der Waals surface area contributed by atoms with E-state index in [1.54, 1.807) is 0 Å². The van der Waals surface area contributed by atoms with Crippen molar-refractivity contribution in [2.75, 3.05) is 25.0 Å². The monoisotopic (exact) mass is 286 g/mol.